The quantitative estimate of drug-likeness (QED) is 0.800. The molecule has 1 aromatic carbocycles. The fourth-order valence-electron chi connectivity index (χ4n) is 2.59. The van der Waals surface area contributed by atoms with Crippen molar-refractivity contribution < 1.29 is 0 Å². The fraction of sp³-hybridized carbons (Fsp3) is 0.625. The predicted molar refractivity (Wildman–Crippen MR) is 77.6 cm³/mol. The Morgan fingerprint density at radius 1 is 1.28 bits per heavy atom. The van der Waals surface area contributed by atoms with Crippen LogP contribution >= 0.6 is 0 Å². The number of rotatable bonds is 7. The van der Waals surface area contributed by atoms with E-state index in [0.717, 1.165) is 12.6 Å². The Hall–Kier alpha value is -0.860. The monoisotopic (exact) mass is 246 g/mol. The number of nitrogens with two attached hydrogens (primary N) is 1. The van der Waals surface area contributed by atoms with E-state index in [0.29, 0.717) is 6.04 Å². The van der Waals surface area contributed by atoms with E-state index in [1.807, 2.05) is 0 Å². The zero-order valence-corrected chi connectivity index (χ0v) is 11.7. The van der Waals surface area contributed by atoms with Gasteiger partial charge in [0.05, 0.1) is 0 Å². The molecule has 2 rings (SSSR count). The first kappa shape index (κ1) is 13.6. The van der Waals surface area contributed by atoms with Crippen LogP contribution in [0.1, 0.15) is 49.8 Å². The third-order valence-electron chi connectivity index (χ3n) is 3.87. The molecule has 1 unspecified atom stereocenters. The first-order valence-electron chi connectivity index (χ1n) is 7.28. The van der Waals surface area contributed by atoms with E-state index in [1.165, 1.54) is 43.4 Å². The Balaban J connectivity index is 2.11. The number of hydrogen-bond acceptors (Lipinski definition) is 2. The van der Waals surface area contributed by atoms with Crippen molar-refractivity contribution in [2.24, 2.45) is 5.73 Å². The van der Waals surface area contributed by atoms with E-state index < -0.39 is 0 Å². The van der Waals surface area contributed by atoms with Gasteiger partial charge in [0, 0.05) is 18.6 Å². The second-order valence-corrected chi connectivity index (χ2v) is 5.48. The van der Waals surface area contributed by atoms with Gasteiger partial charge in [0.25, 0.3) is 0 Å². The van der Waals surface area contributed by atoms with E-state index in [2.05, 4.69) is 43.0 Å². The Kier molecular flexibility index (Phi) is 4.79. The summed E-state index contributed by atoms with van der Waals surface area (Å²) in [4.78, 5) is 2.63. The molecule has 1 atom stereocenters. The minimum absolute atomic E-state index is 0.407. The lowest BCUT2D eigenvalue weighted by atomic mass is 10.0. The number of aryl methyl sites for hydroxylation is 1. The summed E-state index contributed by atoms with van der Waals surface area (Å²) in [5.74, 6) is 0. The van der Waals surface area contributed by atoms with Crippen molar-refractivity contribution in [1.82, 2.24) is 4.90 Å². The molecule has 2 nitrogen and oxygen atoms in total. The molecule has 0 bridgehead atoms. The average Bonchev–Trinajstić information content (AvgIpc) is 3.20. The normalized spacial score (nSPS) is 17.1. The molecule has 1 aliphatic carbocycles. The van der Waals surface area contributed by atoms with Crippen LogP contribution in [0, 0.1) is 6.92 Å². The minimum atomic E-state index is 0.407. The first-order chi connectivity index (χ1) is 8.76. The Morgan fingerprint density at radius 2 is 1.94 bits per heavy atom. The van der Waals surface area contributed by atoms with Crippen LogP contribution in [0.15, 0.2) is 24.3 Å². The van der Waals surface area contributed by atoms with Crippen LogP contribution in [-0.2, 0) is 0 Å². The highest BCUT2D eigenvalue weighted by Gasteiger charge is 2.33. The van der Waals surface area contributed by atoms with E-state index in [4.69, 9.17) is 5.73 Å². The van der Waals surface area contributed by atoms with Crippen molar-refractivity contribution in [1.29, 1.82) is 0 Å². The van der Waals surface area contributed by atoms with Crippen LogP contribution in [0.5, 0.6) is 0 Å². The molecule has 1 saturated carbocycles. The van der Waals surface area contributed by atoms with E-state index in [-0.39, 0.29) is 0 Å². The third-order valence-corrected chi connectivity index (χ3v) is 3.87. The van der Waals surface area contributed by atoms with Gasteiger partial charge in [-0.3, -0.25) is 4.90 Å². The SMILES string of the molecule is CCCCN(C1CC1)C(CN)c1ccc(C)cc1. The van der Waals surface area contributed by atoms with Gasteiger partial charge in [-0.05, 0) is 38.3 Å². The second kappa shape index (κ2) is 6.35. The molecular weight excluding hydrogens is 220 g/mol. The zero-order chi connectivity index (χ0) is 13.0. The average molecular weight is 246 g/mol. The van der Waals surface area contributed by atoms with Gasteiger partial charge in [0.15, 0.2) is 0 Å². The summed E-state index contributed by atoms with van der Waals surface area (Å²) in [6, 6.07) is 10.1. The van der Waals surface area contributed by atoms with Crippen molar-refractivity contribution in [3.05, 3.63) is 35.4 Å². The Labute approximate surface area is 111 Å². The largest absolute Gasteiger partial charge is 0.329 e. The summed E-state index contributed by atoms with van der Waals surface area (Å²) in [6.45, 7) is 6.31. The van der Waals surface area contributed by atoms with Crippen molar-refractivity contribution in [2.75, 3.05) is 13.1 Å². The highest BCUT2D eigenvalue weighted by molar-refractivity contribution is 5.25. The molecule has 2 heteroatoms. The van der Waals surface area contributed by atoms with Crippen LogP contribution in [0.2, 0.25) is 0 Å². The third kappa shape index (κ3) is 3.33. The minimum Gasteiger partial charge on any atom is -0.329 e. The number of benzene rings is 1. The summed E-state index contributed by atoms with van der Waals surface area (Å²) in [5, 5.41) is 0. The second-order valence-electron chi connectivity index (χ2n) is 5.48. The predicted octanol–water partition coefficient (Wildman–Crippen LogP) is 3.26. The maximum atomic E-state index is 6.04. The molecule has 0 spiro atoms. The lowest BCUT2D eigenvalue weighted by Gasteiger charge is -2.31. The highest BCUT2D eigenvalue weighted by atomic mass is 15.2. The van der Waals surface area contributed by atoms with Crippen LogP contribution in [0.3, 0.4) is 0 Å². The van der Waals surface area contributed by atoms with E-state index in [1.54, 1.807) is 0 Å². The smallest absolute Gasteiger partial charge is 0.0473 e. The molecule has 0 amide bonds. The molecule has 0 saturated heterocycles. The molecule has 0 aliphatic heterocycles. The maximum absolute atomic E-state index is 6.04. The number of nitrogens with zero attached hydrogens (tertiary/aromatic N) is 1. The van der Waals surface area contributed by atoms with Crippen molar-refractivity contribution in [3.63, 3.8) is 0 Å². The highest BCUT2D eigenvalue weighted by Crippen LogP contribution is 2.34. The lowest BCUT2D eigenvalue weighted by molar-refractivity contribution is 0.188. The van der Waals surface area contributed by atoms with Gasteiger partial charge in [0.1, 0.15) is 0 Å². The van der Waals surface area contributed by atoms with Crippen LogP contribution < -0.4 is 5.73 Å². The molecule has 100 valence electrons. The molecule has 0 heterocycles. The summed E-state index contributed by atoms with van der Waals surface area (Å²) in [6.07, 6.45) is 5.24. The van der Waals surface area contributed by atoms with E-state index >= 15 is 0 Å². The van der Waals surface area contributed by atoms with Gasteiger partial charge in [0.2, 0.25) is 0 Å². The van der Waals surface area contributed by atoms with Crippen LogP contribution in [0.25, 0.3) is 0 Å². The lowest BCUT2D eigenvalue weighted by Crippen LogP contribution is -2.36. The maximum Gasteiger partial charge on any atom is 0.0473 e. The summed E-state index contributed by atoms with van der Waals surface area (Å²) < 4.78 is 0. The van der Waals surface area contributed by atoms with Gasteiger partial charge >= 0.3 is 0 Å². The summed E-state index contributed by atoms with van der Waals surface area (Å²) >= 11 is 0. The topological polar surface area (TPSA) is 29.3 Å². The summed E-state index contributed by atoms with van der Waals surface area (Å²) in [7, 11) is 0. The van der Waals surface area contributed by atoms with Gasteiger partial charge in [-0.1, -0.05) is 43.2 Å². The van der Waals surface area contributed by atoms with Crippen LogP contribution in [-0.4, -0.2) is 24.0 Å². The zero-order valence-electron chi connectivity index (χ0n) is 11.7. The first-order valence-corrected chi connectivity index (χ1v) is 7.28. The standard InChI is InChI=1S/C16H26N2/c1-3-4-11-18(15-9-10-15)16(12-17)14-7-5-13(2)6-8-14/h5-8,15-16H,3-4,9-12,17H2,1-2H3. The molecule has 1 aliphatic rings. The van der Waals surface area contributed by atoms with Gasteiger partial charge in [-0.15, -0.1) is 0 Å². The van der Waals surface area contributed by atoms with Gasteiger partial charge in [-0.25, -0.2) is 0 Å². The van der Waals surface area contributed by atoms with Crippen molar-refractivity contribution >= 4 is 0 Å². The molecule has 18 heavy (non-hydrogen) atoms. The molecule has 0 radical (unpaired) electrons. The number of hydrogen-bond donors (Lipinski definition) is 1. The van der Waals surface area contributed by atoms with Crippen LogP contribution in [0.4, 0.5) is 0 Å². The Morgan fingerprint density at radius 3 is 2.44 bits per heavy atom. The van der Waals surface area contributed by atoms with Gasteiger partial charge in [-0.2, -0.15) is 0 Å². The summed E-state index contributed by atoms with van der Waals surface area (Å²) in [5.41, 5.74) is 8.74. The van der Waals surface area contributed by atoms with Gasteiger partial charge < -0.3 is 5.73 Å². The molecule has 2 N–H and O–H groups in total. The molecule has 1 aromatic rings. The molecular formula is C16H26N2. The molecule has 0 aromatic heterocycles. The van der Waals surface area contributed by atoms with E-state index in [9.17, 15) is 0 Å². The Bertz CT molecular complexity index is 354. The molecule has 1 fully saturated rings. The van der Waals surface area contributed by atoms with Crippen molar-refractivity contribution in [3.8, 4) is 0 Å². The van der Waals surface area contributed by atoms with Crippen molar-refractivity contribution in [2.45, 2.75) is 51.6 Å². The fourth-order valence-corrected chi connectivity index (χ4v) is 2.59. The number of unbranched alkanes of at least 4 members (excludes halogenated alkanes) is 1.